The first kappa shape index (κ1) is 12.2. The van der Waals surface area contributed by atoms with Crippen molar-refractivity contribution < 1.29 is 0 Å². The highest BCUT2D eigenvalue weighted by atomic mass is 14.7. The standard InChI is InChI=1S/C15H22N2/c1-9(2)12(7-16)13-8-17-15-11(4)6-5-10(3)14(13)15/h5-6,8-9,12,17H,7,16H2,1-4H3. The van der Waals surface area contributed by atoms with E-state index in [2.05, 4.69) is 51.0 Å². The summed E-state index contributed by atoms with van der Waals surface area (Å²) in [5, 5.41) is 1.37. The monoisotopic (exact) mass is 230 g/mol. The first-order valence-electron chi connectivity index (χ1n) is 6.33. The quantitative estimate of drug-likeness (QED) is 0.832. The van der Waals surface area contributed by atoms with Gasteiger partial charge in [-0.1, -0.05) is 26.0 Å². The maximum absolute atomic E-state index is 5.93. The van der Waals surface area contributed by atoms with Crippen LogP contribution in [0.2, 0.25) is 0 Å². The fourth-order valence-corrected chi connectivity index (χ4v) is 2.64. The lowest BCUT2D eigenvalue weighted by atomic mass is 9.87. The Hall–Kier alpha value is -1.28. The summed E-state index contributed by atoms with van der Waals surface area (Å²) in [6.45, 7) is 9.50. The van der Waals surface area contributed by atoms with Crippen LogP contribution in [-0.2, 0) is 0 Å². The molecule has 2 nitrogen and oxygen atoms in total. The van der Waals surface area contributed by atoms with Gasteiger partial charge in [-0.25, -0.2) is 0 Å². The third-order valence-electron chi connectivity index (χ3n) is 3.74. The Morgan fingerprint density at radius 3 is 2.41 bits per heavy atom. The lowest BCUT2D eigenvalue weighted by Gasteiger charge is -2.19. The van der Waals surface area contributed by atoms with Crippen molar-refractivity contribution in [2.24, 2.45) is 11.7 Å². The predicted molar refractivity (Wildman–Crippen MR) is 74.4 cm³/mol. The number of fused-ring (bicyclic) bond motifs is 1. The highest BCUT2D eigenvalue weighted by molar-refractivity contribution is 5.89. The second-order valence-corrected chi connectivity index (χ2v) is 5.28. The lowest BCUT2D eigenvalue weighted by molar-refractivity contribution is 0.509. The third kappa shape index (κ3) is 1.98. The van der Waals surface area contributed by atoms with Gasteiger partial charge in [0.05, 0.1) is 0 Å². The number of aromatic amines is 1. The molecular weight excluding hydrogens is 208 g/mol. The van der Waals surface area contributed by atoms with Gasteiger partial charge >= 0.3 is 0 Å². The largest absolute Gasteiger partial charge is 0.361 e. The van der Waals surface area contributed by atoms with Crippen molar-refractivity contribution in [3.63, 3.8) is 0 Å². The van der Waals surface area contributed by atoms with Crippen LogP contribution in [0.5, 0.6) is 0 Å². The Balaban J connectivity index is 2.67. The number of hydrogen-bond donors (Lipinski definition) is 2. The molecule has 1 heterocycles. The van der Waals surface area contributed by atoms with E-state index in [0.717, 1.165) is 0 Å². The fourth-order valence-electron chi connectivity index (χ4n) is 2.64. The molecule has 2 rings (SSSR count). The van der Waals surface area contributed by atoms with Crippen molar-refractivity contribution in [2.45, 2.75) is 33.6 Å². The molecule has 2 aromatic rings. The molecular formula is C15H22N2. The zero-order valence-electron chi connectivity index (χ0n) is 11.2. The van der Waals surface area contributed by atoms with Gasteiger partial charge in [-0.15, -0.1) is 0 Å². The summed E-state index contributed by atoms with van der Waals surface area (Å²) in [7, 11) is 0. The molecule has 0 bridgehead atoms. The number of H-pyrrole nitrogens is 1. The van der Waals surface area contributed by atoms with E-state index >= 15 is 0 Å². The van der Waals surface area contributed by atoms with Crippen molar-refractivity contribution in [1.29, 1.82) is 0 Å². The van der Waals surface area contributed by atoms with Crippen molar-refractivity contribution >= 4 is 10.9 Å². The molecule has 1 unspecified atom stereocenters. The first-order chi connectivity index (χ1) is 8.06. The molecule has 0 fully saturated rings. The van der Waals surface area contributed by atoms with Crippen molar-refractivity contribution in [2.75, 3.05) is 6.54 Å². The number of hydrogen-bond acceptors (Lipinski definition) is 1. The molecule has 92 valence electrons. The summed E-state index contributed by atoms with van der Waals surface area (Å²) in [5.74, 6) is 1.00. The van der Waals surface area contributed by atoms with Gasteiger partial charge < -0.3 is 10.7 Å². The van der Waals surface area contributed by atoms with Crippen LogP contribution in [0.4, 0.5) is 0 Å². The smallest absolute Gasteiger partial charge is 0.0489 e. The van der Waals surface area contributed by atoms with Crippen molar-refractivity contribution in [3.05, 3.63) is 35.0 Å². The average Bonchev–Trinajstić information content (AvgIpc) is 2.70. The third-order valence-corrected chi connectivity index (χ3v) is 3.74. The van der Waals surface area contributed by atoms with Gasteiger partial charge in [0.15, 0.2) is 0 Å². The Morgan fingerprint density at radius 2 is 1.82 bits per heavy atom. The summed E-state index contributed by atoms with van der Waals surface area (Å²) in [5.41, 5.74) is 11.2. The normalized spacial score (nSPS) is 13.5. The highest BCUT2D eigenvalue weighted by Crippen LogP contribution is 2.33. The zero-order chi connectivity index (χ0) is 12.6. The van der Waals surface area contributed by atoms with Gasteiger partial charge in [0.1, 0.15) is 0 Å². The fraction of sp³-hybridized carbons (Fsp3) is 0.467. The molecule has 0 spiro atoms. The van der Waals surface area contributed by atoms with E-state index in [-0.39, 0.29) is 0 Å². The predicted octanol–water partition coefficient (Wildman–Crippen LogP) is 3.48. The summed E-state index contributed by atoms with van der Waals surface area (Å²) < 4.78 is 0. The molecule has 2 heteroatoms. The first-order valence-corrected chi connectivity index (χ1v) is 6.33. The Labute approximate surface area is 103 Å². The van der Waals surface area contributed by atoms with Gasteiger partial charge in [-0.2, -0.15) is 0 Å². The summed E-state index contributed by atoms with van der Waals surface area (Å²) in [6, 6.07) is 4.37. The van der Waals surface area contributed by atoms with Crippen LogP contribution in [-0.4, -0.2) is 11.5 Å². The molecule has 0 aliphatic heterocycles. The Bertz CT molecular complexity index is 523. The SMILES string of the molecule is Cc1ccc(C)c2c(C(CN)C(C)C)c[nH]c12. The van der Waals surface area contributed by atoms with Crippen LogP contribution in [0.25, 0.3) is 10.9 Å². The van der Waals surface area contributed by atoms with Gasteiger partial charge in [0.2, 0.25) is 0 Å². The second-order valence-electron chi connectivity index (χ2n) is 5.28. The molecule has 0 amide bonds. The molecule has 0 radical (unpaired) electrons. The molecule has 1 atom stereocenters. The van der Waals surface area contributed by atoms with Gasteiger partial charge in [-0.3, -0.25) is 0 Å². The van der Waals surface area contributed by atoms with E-state index < -0.39 is 0 Å². The van der Waals surface area contributed by atoms with Gasteiger partial charge in [0.25, 0.3) is 0 Å². The molecule has 1 aromatic carbocycles. The van der Waals surface area contributed by atoms with E-state index in [0.29, 0.717) is 18.4 Å². The minimum Gasteiger partial charge on any atom is -0.361 e. The number of nitrogens with one attached hydrogen (secondary N) is 1. The molecule has 0 saturated heterocycles. The topological polar surface area (TPSA) is 41.8 Å². The van der Waals surface area contributed by atoms with E-state index in [4.69, 9.17) is 5.73 Å². The average molecular weight is 230 g/mol. The van der Waals surface area contributed by atoms with Crippen molar-refractivity contribution in [3.8, 4) is 0 Å². The van der Waals surface area contributed by atoms with E-state index in [1.54, 1.807) is 0 Å². The van der Waals surface area contributed by atoms with E-state index in [9.17, 15) is 0 Å². The highest BCUT2D eigenvalue weighted by Gasteiger charge is 2.19. The Kier molecular flexibility index (Phi) is 3.25. The van der Waals surface area contributed by atoms with E-state index in [1.807, 2.05) is 0 Å². The summed E-state index contributed by atoms with van der Waals surface area (Å²) in [6.07, 6.45) is 2.14. The number of aryl methyl sites for hydroxylation is 2. The number of benzene rings is 1. The molecule has 17 heavy (non-hydrogen) atoms. The maximum atomic E-state index is 5.93. The molecule has 0 aliphatic carbocycles. The zero-order valence-corrected chi connectivity index (χ0v) is 11.2. The molecule has 0 aliphatic rings. The number of nitrogens with two attached hydrogens (primary N) is 1. The molecule has 1 aromatic heterocycles. The van der Waals surface area contributed by atoms with Gasteiger partial charge in [-0.05, 0) is 43.0 Å². The minimum atomic E-state index is 0.434. The van der Waals surface area contributed by atoms with Crippen LogP contribution >= 0.6 is 0 Å². The maximum Gasteiger partial charge on any atom is 0.0489 e. The summed E-state index contributed by atoms with van der Waals surface area (Å²) in [4.78, 5) is 3.41. The van der Waals surface area contributed by atoms with Crippen LogP contribution < -0.4 is 5.73 Å². The van der Waals surface area contributed by atoms with Crippen molar-refractivity contribution in [1.82, 2.24) is 4.98 Å². The second kappa shape index (κ2) is 4.53. The van der Waals surface area contributed by atoms with Crippen LogP contribution in [0, 0.1) is 19.8 Å². The lowest BCUT2D eigenvalue weighted by Crippen LogP contribution is -2.17. The molecule has 0 saturated carbocycles. The Morgan fingerprint density at radius 1 is 1.18 bits per heavy atom. The van der Waals surface area contributed by atoms with Crippen LogP contribution in [0.3, 0.4) is 0 Å². The van der Waals surface area contributed by atoms with E-state index in [1.165, 1.54) is 27.6 Å². The minimum absolute atomic E-state index is 0.434. The molecule has 3 N–H and O–H groups in total. The van der Waals surface area contributed by atoms with Crippen LogP contribution in [0.1, 0.15) is 36.5 Å². The van der Waals surface area contributed by atoms with Gasteiger partial charge in [0, 0.05) is 23.0 Å². The number of rotatable bonds is 3. The number of aromatic nitrogens is 1. The van der Waals surface area contributed by atoms with Crippen LogP contribution in [0.15, 0.2) is 18.3 Å². The summed E-state index contributed by atoms with van der Waals surface area (Å²) >= 11 is 0.